The standard InChI is InChI=1S/C18H18N2O/c1-13(2)19-18(21)20-16-9-5-3-7-14(16)11-12-15-8-4-6-10-17(15)20/h3-13H,1-2H3,(H,19,21). The second-order valence-electron chi connectivity index (χ2n) is 5.39. The number of rotatable bonds is 1. The molecule has 106 valence electrons. The van der Waals surface area contributed by atoms with Crippen molar-refractivity contribution in [1.82, 2.24) is 5.32 Å². The third-order valence-electron chi connectivity index (χ3n) is 3.41. The summed E-state index contributed by atoms with van der Waals surface area (Å²) >= 11 is 0. The molecule has 1 heterocycles. The molecule has 0 spiro atoms. The number of carbonyl (C=O) groups excluding carboxylic acids is 1. The lowest BCUT2D eigenvalue weighted by Crippen LogP contribution is -2.40. The van der Waals surface area contributed by atoms with Crippen LogP contribution in [0.25, 0.3) is 12.2 Å². The first kappa shape index (κ1) is 13.4. The third-order valence-corrected chi connectivity index (χ3v) is 3.41. The van der Waals surface area contributed by atoms with Crippen molar-refractivity contribution in [2.24, 2.45) is 0 Å². The Morgan fingerprint density at radius 1 is 0.905 bits per heavy atom. The van der Waals surface area contributed by atoms with Gasteiger partial charge in [0.2, 0.25) is 0 Å². The molecule has 1 aliphatic rings. The van der Waals surface area contributed by atoms with E-state index in [9.17, 15) is 4.79 Å². The van der Waals surface area contributed by atoms with Gasteiger partial charge in [0.15, 0.2) is 0 Å². The molecular weight excluding hydrogens is 260 g/mol. The van der Waals surface area contributed by atoms with Crippen molar-refractivity contribution >= 4 is 29.6 Å². The molecule has 0 saturated heterocycles. The van der Waals surface area contributed by atoms with Crippen molar-refractivity contribution in [1.29, 1.82) is 0 Å². The number of hydrogen-bond donors (Lipinski definition) is 1. The van der Waals surface area contributed by atoms with Crippen LogP contribution in [0.2, 0.25) is 0 Å². The van der Waals surface area contributed by atoms with Crippen LogP contribution in [0.4, 0.5) is 16.2 Å². The van der Waals surface area contributed by atoms with Gasteiger partial charge in [0.25, 0.3) is 0 Å². The predicted octanol–water partition coefficient (Wildman–Crippen LogP) is 4.43. The summed E-state index contributed by atoms with van der Waals surface area (Å²) in [4.78, 5) is 14.4. The van der Waals surface area contributed by atoms with Crippen molar-refractivity contribution in [2.45, 2.75) is 19.9 Å². The van der Waals surface area contributed by atoms with Crippen molar-refractivity contribution in [3.8, 4) is 0 Å². The maximum atomic E-state index is 12.7. The SMILES string of the molecule is CC(C)NC(=O)N1c2ccccc2C=Cc2ccccc21. The van der Waals surface area contributed by atoms with E-state index < -0.39 is 0 Å². The molecular formula is C18H18N2O. The Kier molecular flexibility index (Phi) is 3.48. The summed E-state index contributed by atoms with van der Waals surface area (Å²) in [5.41, 5.74) is 3.87. The van der Waals surface area contributed by atoms with Crippen LogP contribution in [0, 0.1) is 0 Å². The van der Waals surface area contributed by atoms with Gasteiger partial charge in [-0.2, -0.15) is 0 Å². The summed E-state index contributed by atoms with van der Waals surface area (Å²) in [6, 6.07) is 15.9. The number of carbonyl (C=O) groups is 1. The fourth-order valence-corrected chi connectivity index (χ4v) is 2.50. The first-order chi connectivity index (χ1) is 10.2. The fraction of sp³-hybridized carbons (Fsp3) is 0.167. The van der Waals surface area contributed by atoms with E-state index in [1.807, 2.05) is 62.4 Å². The van der Waals surface area contributed by atoms with Gasteiger partial charge in [-0.3, -0.25) is 4.90 Å². The van der Waals surface area contributed by atoms with Crippen molar-refractivity contribution in [3.05, 3.63) is 59.7 Å². The minimum Gasteiger partial charge on any atom is -0.335 e. The zero-order valence-corrected chi connectivity index (χ0v) is 12.2. The molecule has 0 radical (unpaired) electrons. The van der Waals surface area contributed by atoms with E-state index in [-0.39, 0.29) is 12.1 Å². The first-order valence-corrected chi connectivity index (χ1v) is 7.13. The lowest BCUT2D eigenvalue weighted by molar-refractivity contribution is 0.246. The number of urea groups is 1. The number of anilines is 2. The molecule has 3 rings (SSSR count). The minimum absolute atomic E-state index is 0.0908. The van der Waals surface area contributed by atoms with Gasteiger partial charge < -0.3 is 5.32 Å². The van der Waals surface area contributed by atoms with E-state index in [1.165, 1.54) is 0 Å². The Labute approximate surface area is 124 Å². The highest BCUT2D eigenvalue weighted by molar-refractivity contribution is 6.05. The Bertz CT molecular complexity index is 654. The Morgan fingerprint density at radius 2 is 1.38 bits per heavy atom. The quantitative estimate of drug-likeness (QED) is 0.822. The highest BCUT2D eigenvalue weighted by atomic mass is 16.2. The molecule has 2 amide bonds. The first-order valence-electron chi connectivity index (χ1n) is 7.13. The molecule has 0 fully saturated rings. The zero-order valence-electron chi connectivity index (χ0n) is 12.2. The summed E-state index contributed by atoms with van der Waals surface area (Å²) in [6.45, 7) is 3.93. The van der Waals surface area contributed by atoms with Gasteiger partial charge >= 0.3 is 6.03 Å². The second kappa shape index (κ2) is 5.44. The molecule has 0 saturated carbocycles. The topological polar surface area (TPSA) is 32.3 Å². The van der Waals surface area contributed by atoms with E-state index in [2.05, 4.69) is 17.5 Å². The number of nitrogens with zero attached hydrogens (tertiary/aromatic N) is 1. The number of para-hydroxylation sites is 2. The van der Waals surface area contributed by atoms with Gasteiger partial charge in [-0.25, -0.2) is 4.79 Å². The average Bonchev–Trinajstić information content (AvgIpc) is 2.63. The molecule has 2 aromatic rings. The van der Waals surface area contributed by atoms with Crippen molar-refractivity contribution < 1.29 is 4.79 Å². The summed E-state index contributed by atoms with van der Waals surface area (Å²) in [7, 11) is 0. The highest BCUT2D eigenvalue weighted by Crippen LogP contribution is 2.36. The Hall–Kier alpha value is -2.55. The molecule has 1 aliphatic heterocycles. The van der Waals surface area contributed by atoms with Gasteiger partial charge in [0.1, 0.15) is 0 Å². The minimum atomic E-state index is -0.103. The van der Waals surface area contributed by atoms with E-state index >= 15 is 0 Å². The third kappa shape index (κ3) is 2.55. The number of hydrogen-bond acceptors (Lipinski definition) is 1. The monoisotopic (exact) mass is 278 g/mol. The second-order valence-corrected chi connectivity index (χ2v) is 5.39. The molecule has 1 N–H and O–H groups in total. The van der Waals surface area contributed by atoms with E-state index in [0.29, 0.717) is 0 Å². The normalized spacial score (nSPS) is 12.6. The van der Waals surface area contributed by atoms with Gasteiger partial charge in [-0.15, -0.1) is 0 Å². The molecule has 21 heavy (non-hydrogen) atoms. The lowest BCUT2D eigenvalue weighted by atomic mass is 10.1. The highest BCUT2D eigenvalue weighted by Gasteiger charge is 2.23. The van der Waals surface area contributed by atoms with Crippen molar-refractivity contribution in [2.75, 3.05) is 4.90 Å². The van der Waals surface area contributed by atoms with Gasteiger partial charge in [-0.1, -0.05) is 48.6 Å². The Balaban J connectivity index is 2.17. The zero-order chi connectivity index (χ0) is 14.8. The molecule has 0 aliphatic carbocycles. The predicted molar refractivity (Wildman–Crippen MR) is 87.6 cm³/mol. The van der Waals surface area contributed by atoms with Crippen LogP contribution in [-0.2, 0) is 0 Å². The maximum Gasteiger partial charge on any atom is 0.326 e. The number of nitrogens with one attached hydrogen (secondary N) is 1. The average molecular weight is 278 g/mol. The van der Waals surface area contributed by atoms with Crippen LogP contribution in [-0.4, -0.2) is 12.1 Å². The van der Waals surface area contributed by atoms with Crippen molar-refractivity contribution in [3.63, 3.8) is 0 Å². The van der Waals surface area contributed by atoms with Crippen LogP contribution in [0.15, 0.2) is 48.5 Å². The Morgan fingerprint density at radius 3 is 1.86 bits per heavy atom. The molecule has 0 bridgehead atoms. The molecule has 3 nitrogen and oxygen atoms in total. The van der Waals surface area contributed by atoms with Gasteiger partial charge in [-0.05, 0) is 37.1 Å². The largest absolute Gasteiger partial charge is 0.335 e. The smallest absolute Gasteiger partial charge is 0.326 e. The van der Waals surface area contributed by atoms with Gasteiger partial charge in [0, 0.05) is 6.04 Å². The molecule has 0 unspecified atom stereocenters. The van der Waals surface area contributed by atoms with E-state index in [1.54, 1.807) is 4.90 Å². The lowest BCUT2D eigenvalue weighted by Gasteiger charge is -2.26. The van der Waals surface area contributed by atoms with E-state index in [4.69, 9.17) is 0 Å². The van der Waals surface area contributed by atoms with Crippen LogP contribution >= 0.6 is 0 Å². The fourth-order valence-electron chi connectivity index (χ4n) is 2.50. The summed E-state index contributed by atoms with van der Waals surface area (Å²) < 4.78 is 0. The molecule has 0 atom stereocenters. The number of amides is 2. The van der Waals surface area contributed by atoms with E-state index in [0.717, 1.165) is 22.5 Å². The number of fused-ring (bicyclic) bond motifs is 2. The molecule has 2 aromatic carbocycles. The maximum absolute atomic E-state index is 12.7. The molecule has 3 heteroatoms. The van der Waals surface area contributed by atoms with Crippen LogP contribution in [0.3, 0.4) is 0 Å². The van der Waals surface area contributed by atoms with Gasteiger partial charge in [0.05, 0.1) is 11.4 Å². The molecule has 0 aromatic heterocycles. The summed E-state index contributed by atoms with van der Waals surface area (Å²) in [5.74, 6) is 0. The van der Waals surface area contributed by atoms with Crippen LogP contribution < -0.4 is 10.2 Å². The van der Waals surface area contributed by atoms with Crippen LogP contribution in [0.5, 0.6) is 0 Å². The summed E-state index contributed by atoms with van der Waals surface area (Å²) in [6.07, 6.45) is 4.10. The summed E-state index contributed by atoms with van der Waals surface area (Å²) in [5, 5.41) is 2.98. The van der Waals surface area contributed by atoms with Crippen LogP contribution in [0.1, 0.15) is 25.0 Å². The number of benzene rings is 2.